The third-order valence-corrected chi connectivity index (χ3v) is 6.78. The Bertz CT molecular complexity index is 1230. The first-order chi connectivity index (χ1) is 16.8. The summed E-state index contributed by atoms with van der Waals surface area (Å²) in [7, 11) is 5.93. The van der Waals surface area contributed by atoms with Gasteiger partial charge in [0.1, 0.15) is 5.92 Å². The standard InChI is InChI=1S/C27H29NO7/c1-14-24(27(31)35-5)25(16-7-8-21(32-2)19(29)11-16)26-18(28-14)10-17(12-20(26)30)15-6-9-22(33-3)23(13-15)34-4/h6-9,11,13,17,24-25,29H,10,12H2,1-5H3/t17-,24?,25-/m0/s1. The van der Waals surface area contributed by atoms with Gasteiger partial charge in [0.05, 0.1) is 28.4 Å². The van der Waals surface area contributed by atoms with Crippen molar-refractivity contribution in [3.8, 4) is 23.0 Å². The lowest BCUT2D eigenvalue weighted by Crippen LogP contribution is -2.37. The summed E-state index contributed by atoms with van der Waals surface area (Å²) in [6.07, 6.45) is 0.788. The van der Waals surface area contributed by atoms with Crippen LogP contribution in [0.1, 0.15) is 42.7 Å². The molecule has 8 heteroatoms. The summed E-state index contributed by atoms with van der Waals surface area (Å²) >= 11 is 0. The second-order valence-corrected chi connectivity index (χ2v) is 8.67. The minimum atomic E-state index is -0.770. The molecule has 0 fully saturated rings. The van der Waals surface area contributed by atoms with E-state index in [1.807, 2.05) is 18.2 Å². The number of methoxy groups -OCH3 is 4. The molecule has 4 rings (SSSR count). The van der Waals surface area contributed by atoms with Crippen LogP contribution in [0.4, 0.5) is 0 Å². The molecule has 1 aliphatic heterocycles. The van der Waals surface area contributed by atoms with Crippen molar-refractivity contribution in [2.45, 2.75) is 31.6 Å². The lowest BCUT2D eigenvalue weighted by Gasteiger charge is -2.36. The average molecular weight is 480 g/mol. The van der Waals surface area contributed by atoms with Crippen molar-refractivity contribution >= 4 is 17.5 Å². The van der Waals surface area contributed by atoms with Gasteiger partial charge in [-0.25, -0.2) is 0 Å². The lowest BCUT2D eigenvalue weighted by molar-refractivity contribution is -0.143. The third kappa shape index (κ3) is 4.36. The Morgan fingerprint density at radius 3 is 2.20 bits per heavy atom. The molecule has 8 nitrogen and oxygen atoms in total. The van der Waals surface area contributed by atoms with E-state index < -0.39 is 17.8 Å². The van der Waals surface area contributed by atoms with Crippen LogP contribution in [-0.2, 0) is 14.3 Å². The van der Waals surface area contributed by atoms with E-state index in [1.54, 1.807) is 33.3 Å². The number of Topliss-reactive ketones (excluding diaryl/α,β-unsaturated/α-hetero) is 1. The Kier molecular flexibility index (Phi) is 6.82. The predicted molar refractivity (Wildman–Crippen MR) is 130 cm³/mol. The number of hydrogen-bond donors (Lipinski definition) is 1. The number of ether oxygens (including phenoxy) is 4. The fourth-order valence-electron chi connectivity index (χ4n) is 5.09. The Morgan fingerprint density at radius 2 is 1.57 bits per heavy atom. The SMILES string of the molecule is COC(=O)C1C(C)=NC2=C(C(=O)C[C@@H](c3ccc(OC)c(OC)c3)C2)[C@H]1c1ccc(OC)c(O)c1. The molecule has 0 amide bonds. The molecule has 35 heavy (non-hydrogen) atoms. The molecule has 2 aliphatic rings. The molecule has 0 saturated heterocycles. The van der Waals surface area contributed by atoms with Crippen LogP contribution in [0.3, 0.4) is 0 Å². The van der Waals surface area contributed by atoms with Gasteiger partial charge in [0.25, 0.3) is 0 Å². The zero-order valence-corrected chi connectivity index (χ0v) is 20.5. The molecule has 184 valence electrons. The number of ketones is 1. The molecule has 0 bridgehead atoms. The number of nitrogens with zero attached hydrogens (tertiary/aromatic N) is 1. The molecule has 1 unspecified atom stereocenters. The molecule has 0 spiro atoms. The first-order valence-corrected chi connectivity index (χ1v) is 11.3. The van der Waals surface area contributed by atoms with Gasteiger partial charge in [0, 0.05) is 29.3 Å². The van der Waals surface area contributed by atoms with Crippen LogP contribution in [-0.4, -0.2) is 51.0 Å². The van der Waals surface area contributed by atoms with E-state index in [0.717, 1.165) is 5.56 Å². The smallest absolute Gasteiger partial charge is 0.315 e. The lowest BCUT2D eigenvalue weighted by atomic mass is 9.69. The second-order valence-electron chi connectivity index (χ2n) is 8.67. The minimum Gasteiger partial charge on any atom is -0.504 e. The Morgan fingerprint density at radius 1 is 0.914 bits per heavy atom. The summed E-state index contributed by atoms with van der Waals surface area (Å²) in [6.45, 7) is 1.77. The molecule has 1 aliphatic carbocycles. The average Bonchev–Trinajstić information content (AvgIpc) is 2.86. The van der Waals surface area contributed by atoms with E-state index >= 15 is 0 Å². The summed E-state index contributed by atoms with van der Waals surface area (Å²) < 4.78 is 21.0. The number of esters is 1. The Hall–Kier alpha value is -3.81. The Labute approximate surface area is 204 Å². The maximum absolute atomic E-state index is 13.6. The van der Waals surface area contributed by atoms with Gasteiger partial charge < -0.3 is 24.1 Å². The van der Waals surface area contributed by atoms with Gasteiger partial charge in [-0.05, 0) is 54.7 Å². The first kappa shape index (κ1) is 24.3. The molecule has 2 aromatic rings. The minimum absolute atomic E-state index is 0.0672. The number of allylic oxidation sites excluding steroid dienone is 2. The maximum atomic E-state index is 13.6. The van der Waals surface area contributed by atoms with Gasteiger partial charge in [-0.2, -0.15) is 0 Å². The number of carbonyl (C=O) groups excluding carboxylic acids is 2. The van der Waals surface area contributed by atoms with Crippen molar-refractivity contribution in [3.05, 3.63) is 58.8 Å². The van der Waals surface area contributed by atoms with Gasteiger partial charge in [0.2, 0.25) is 0 Å². The molecule has 2 aromatic carbocycles. The highest BCUT2D eigenvalue weighted by Gasteiger charge is 2.44. The molecule has 0 aromatic heterocycles. The molecular formula is C27H29NO7. The summed E-state index contributed by atoms with van der Waals surface area (Å²) in [5, 5.41) is 10.4. The number of phenolic OH excluding ortho intramolecular Hbond substituents is 1. The van der Waals surface area contributed by atoms with Crippen LogP contribution in [0.2, 0.25) is 0 Å². The van der Waals surface area contributed by atoms with Crippen molar-refractivity contribution in [3.63, 3.8) is 0 Å². The van der Waals surface area contributed by atoms with E-state index in [2.05, 4.69) is 0 Å². The van der Waals surface area contributed by atoms with Gasteiger partial charge >= 0.3 is 5.97 Å². The quantitative estimate of drug-likeness (QED) is 0.620. The van der Waals surface area contributed by atoms with E-state index in [0.29, 0.717) is 46.2 Å². The summed E-state index contributed by atoms with van der Waals surface area (Å²) in [6, 6.07) is 10.6. The van der Waals surface area contributed by atoms with Crippen LogP contribution < -0.4 is 14.2 Å². The zero-order chi connectivity index (χ0) is 25.3. The number of benzene rings is 2. The Balaban J connectivity index is 1.79. The molecule has 3 atom stereocenters. The van der Waals surface area contributed by atoms with Gasteiger partial charge in [-0.3, -0.25) is 14.6 Å². The number of rotatable bonds is 6. The fourth-order valence-corrected chi connectivity index (χ4v) is 5.09. The largest absolute Gasteiger partial charge is 0.504 e. The summed E-state index contributed by atoms with van der Waals surface area (Å²) in [5.74, 6) is -0.604. The summed E-state index contributed by atoms with van der Waals surface area (Å²) in [4.78, 5) is 31.2. The van der Waals surface area contributed by atoms with Crippen LogP contribution >= 0.6 is 0 Å². The van der Waals surface area contributed by atoms with Crippen molar-refractivity contribution in [2.75, 3.05) is 28.4 Å². The van der Waals surface area contributed by atoms with Crippen LogP contribution in [0.5, 0.6) is 23.0 Å². The maximum Gasteiger partial charge on any atom is 0.315 e. The fraction of sp³-hybridized carbons (Fsp3) is 0.370. The van der Waals surface area contributed by atoms with E-state index in [-0.39, 0.29) is 23.9 Å². The van der Waals surface area contributed by atoms with Gasteiger partial charge in [-0.15, -0.1) is 0 Å². The molecule has 1 heterocycles. The van der Waals surface area contributed by atoms with Crippen molar-refractivity contribution in [1.82, 2.24) is 0 Å². The van der Waals surface area contributed by atoms with E-state index in [4.69, 9.17) is 23.9 Å². The van der Waals surface area contributed by atoms with Crippen molar-refractivity contribution < 1.29 is 33.6 Å². The number of aromatic hydroxyl groups is 1. The molecular weight excluding hydrogens is 450 g/mol. The normalized spacial score (nSPS) is 21.7. The molecule has 0 saturated carbocycles. The topological polar surface area (TPSA) is 104 Å². The molecule has 1 N–H and O–H groups in total. The van der Waals surface area contributed by atoms with Crippen molar-refractivity contribution in [1.29, 1.82) is 0 Å². The van der Waals surface area contributed by atoms with E-state index in [1.165, 1.54) is 20.3 Å². The predicted octanol–water partition coefficient (Wildman–Crippen LogP) is 4.17. The van der Waals surface area contributed by atoms with Crippen LogP contribution in [0, 0.1) is 5.92 Å². The highest BCUT2D eigenvalue weighted by molar-refractivity contribution is 6.09. The van der Waals surface area contributed by atoms with Gasteiger partial charge in [-0.1, -0.05) is 12.1 Å². The number of phenols is 1. The summed E-state index contributed by atoms with van der Waals surface area (Å²) in [5.41, 5.74) is 3.28. The monoisotopic (exact) mass is 479 g/mol. The van der Waals surface area contributed by atoms with Crippen LogP contribution in [0.25, 0.3) is 0 Å². The first-order valence-electron chi connectivity index (χ1n) is 11.3. The zero-order valence-electron chi connectivity index (χ0n) is 20.5. The highest BCUT2D eigenvalue weighted by atomic mass is 16.5. The third-order valence-electron chi connectivity index (χ3n) is 6.78. The van der Waals surface area contributed by atoms with Gasteiger partial charge in [0.15, 0.2) is 28.8 Å². The number of hydrogen-bond acceptors (Lipinski definition) is 8. The molecule has 0 radical (unpaired) electrons. The number of aliphatic imine (C=N–C) groups is 1. The second kappa shape index (κ2) is 9.82. The number of carbonyl (C=O) groups is 2. The van der Waals surface area contributed by atoms with E-state index in [9.17, 15) is 14.7 Å². The van der Waals surface area contributed by atoms with Crippen molar-refractivity contribution in [2.24, 2.45) is 10.9 Å². The van der Waals surface area contributed by atoms with Crippen LogP contribution in [0.15, 0.2) is 52.7 Å². The highest BCUT2D eigenvalue weighted by Crippen LogP contribution is 2.48.